The molecule has 0 aliphatic heterocycles. The van der Waals surface area contributed by atoms with Crippen LogP contribution in [0.1, 0.15) is 19.4 Å². The van der Waals surface area contributed by atoms with Crippen LogP contribution in [0.4, 0.5) is 10.1 Å². The lowest BCUT2D eigenvalue weighted by Crippen LogP contribution is -2.20. The van der Waals surface area contributed by atoms with E-state index in [2.05, 4.69) is 27.3 Å². The molecule has 0 aromatic heterocycles. The maximum atomic E-state index is 13.6. The molecule has 124 valence electrons. The Labute approximate surface area is 148 Å². The van der Waals surface area contributed by atoms with Gasteiger partial charge in [-0.05, 0) is 49.7 Å². The minimum Gasteiger partial charge on any atom is -0.481 e. The van der Waals surface area contributed by atoms with Gasteiger partial charge in [-0.15, -0.1) is 0 Å². The summed E-state index contributed by atoms with van der Waals surface area (Å²) in [6, 6.07) is 13.6. The van der Waals surface area contributed by atoms with E-state index < -0.39 is 17.1 Å². The van der Waals surface area contributed by atoms with Crippen LogP contribution in [0.15, 0.2) is 46.9 Å². The molecule has 2 aromatic rings. The summed E-state index contributed by atoms with van der Waals surface area (Å²) < 4.78 is 19.4. The minimum atomic E-state index is -0.592. The Balaban J connectivity index is 1.94. The molecule has 0 saturated heterocycles. The van der Waals surface area contributed by atoms with E-state index in [1.54, 1.807) is 30.3 Å². The fourth-order valence-corrected chi connectivity index (χ4v) is 2.30. The van der Waals surface area contributed by atoms with Gasteiger partial charge in [0.05, 0.1) is 11.5 Å². The second-order valence-corrected chi connectivity index (χ2v) is 6.64. The molecule has 6 heteroatoms. The zero-order valence-corrected chi connectivity index (χ0v) is 14.9. The van der Waals surface area contributed by atoms with Gasteiger partial charge >= 0.3 is 0 Å². The SMILES string of the molecule is CC(C)(C#N)c1ccc(NC(=O)COc2ccc(Br)cc2F)cc1. The van der Waals surface area contributed by atoms with Crippen molar-refractivity contribution in [3.63, 3.8) is 0 Å². The van der Waals surface area contributed by atoms with Crippen LogP contribution in [0, 0.1) is 17.1 Å². The zero-order valence-electron chi connectivity index (χ0n) is 13.3. The molecular formula is C18H16BrFN2O2. The van der Waals surface area contributed by atoms with Gasteiger partial charge in [0.25, 0.3) is 5.91 Å². The van der Waals surface area contributed by atoms with Crippen molar-refractivity contribution in [2.24, 2.45) is 0 Å². The van der Waals surface area contributed by atoms with E-state index in [4.69, 9.17) is 10.00 Å². The van der Waals surface area contributed by atoms with E-state index in [-0.39, 0.29) is 12.4 Å². The molecule has 0 saturated carbocycles. The summed E-state index contributed by atoms with van der Waals surface area (Å²) in [6.45, 7) is 3.34. The average Bonchev–Trinajstić information content (AvgIpc) is 2.54. The highest BCUT2D eigenvalue weighted by Crippen LogP contribution is 2.24. The first-order valence-electron chi connectivity index (χ1n) is 7.21. The second kappa shape index (κ2) is 7.45. The first-order chi connectivity index (χ1) is 11.3. The Morgan fingerprint density at radius 3 is 2.54 bits per heavy atom. The molecule has 1 amide bonds. The van der Waals surface area contributed by atoms with Gasteiger partial charge in [-0.2, -0.15) is 5.26 Å². The highest BCUT2D eigenvalue weighted by Gasteiger charge is 2.19. The molecule has 4 nitrogen and oxygen atoms in total. The molecule has 0 atom stereocenters. The number of nitriles is 1. The third-order valence-electron chi connectivity index (χ3n) is 3.42. The van der Waals surface area contributed by atoms with E-state index in [0.29, 0.717) is 10.2 Å². The number of anilines is 1. The number of nitrogens with one attached hydrogen (secondary N) is 1. The third kappa shape index (κ3) is 4.56. The van der Waals surface area contributed by atoms with Crippen LogP contribution in [0.3, 0.4) is 0 Å². The first-order valence-corrected chi connectivity index (χ1v) is 8.00. The predicted octanol–water partition coefficient (Wildman–Crippen LogP) is 4.41. The van der Waals surface area contributed by atoms with Gasteiger partial charge in [0.1, 0.15) is 0 Å². The van der Waals surface area contributed by atoms with Crippen molar-refractivity contribution >= 4 is 27.5 Å². The monoisotopic (exact) mass is 390 g/mol. The van der Waals surface area contributed by atoms with Gasteiger partial charge in [-0.25, -0.2) is 4.39 Å². The molecule has 0 aliphatic carbocycles. The van der Waals surface area contributed by atoms with Gasteiger partial charge in [0, 0.05) is 10.2 Å². The number of ether oxygens (including phenoxy) is 1. The van der Waals surface area contributed by atoms with Crippen LogP contribution in [0.5, 0.6) is 5.75 Å². The maximum Gasteiger partial charge on any atom is 0.262 e. The molecule has 0 radical (unpaired) electrons. The quantitative estimate of drug-likeness (QED) is 0.822. The van der Waals surface area contributed by atoms with Crippen molar-refractivity contribution in [3.8, 4) is 11.8 Å². The van der Waals surface area contributed by atoms with E-state index >= 15 is 0 Å². The van der Waals surface area contributed by atoms with Gasteiger partial charge in [0.15, 0.2) is 18.2 Å². The molecule has 1 N–H and O–H groups in total. The second-order valence-electron chi connectivity index (χ2n) is 5.73. The fourth-order valence-electron chi connectivity index (χ4n) is 1.97. The van der Waals surface area contributed by atoms with Crippen molar-refractivity contribution in [1.29, 1.82) is 5.26 Å². The molecule has 0 spiro atoms. The number of carbonyl (C=O) groups excluding carboxylic acids is 1. The van der Waals surface area contributed by atoms with Crippen molar-refractivity contribution in [3.05, 3.63) is 58.3 Å². The Hall–Kier alpha value is -2.39. The lowest BCUT2D eigenvalue weighted by atomic mass is 9.86. The summed E-state index contributed by atoms with van der Waals surface area (Å²) in [5.74, 6) is -0.927. The molecule has 0 bridgehead atoms. The molecule has 0 aliphatic rings. The molecule has 24 heavy (non-hydrogen) atoms. The van der Waals surface area contributed by atoms with Crippen LogP contribution >= 0.6 is 15.9 Å². The molecule has 0 fully saturated rings. The normalized spacial score (nSPS) is 10.8. The van der Waals surface area contributed by atoms with Crippen LogP contribution in [0.2, 0.25) is 0 Å². The predicted molar refractivity (Wildman–Crippen MR) is 93.3 cm³/mol. The summed E-state index contributed by atoms with van der Waals surface area (Å²) >= 11 is 3.15. The Bertz CT molecular complexity index is 783. The van der Waals surface area contributed by atoms with Crippen LogP contribution in [-0.2, 0) is 10.2 Å². The maximum absolute atomic E-state index is 13.6. The summed E-state index contributed by atoms with van der Waals surface area (Å²) in [5, 5.41) is 11.8. The van der Waals surface area contributed by atoms with Crippen molar-refractivity contribution in [2.45, 2.75) is 19.3 Å². The van der Waals surface area contributed by atoms with Gasteiger partial charge < -0.3 is 10.1 Å². The van der Waals surface area contributed by atoms with Crippen molar-refractivity contribution in [2.75, 3.05) is 11.9 Å². The van der Waals surface area contributed by atoms with Crippen molar-refractivity contribution < 1.29 is 13.9 Å². The summed E-state index contributed by atoms with van der Waals surface area (Å²) in [7, 11) is 0. The van der Waals surface area contributed by atoms with E-state index in [1.165, 1.54) is 12.1 Å². The number of amides is 1. The number of halogens is 2. The van der Waals surface area contributed by atoms with Crippen LogP contribution < -0.4 is 10.1 Å². The lowest BCUT2D eigenvalue weighted by molar-refractivity contribution is -0.118. The average molecular weight is 391 g/mol. The third-order valence-corrected chi connectivity index (χ3v) is 3.92. The molecular weight excluding hydrogens is 375 g/mol. The topological polar surface area (TPSA) is 62.1 Å². The molecule has 0 unspecified atom stereocenters. The summed E-state index contributed by atoms with van der Waals surface area (Å²) in [6.07, 6.45) is 0. The number of carbonyl (C=O) groups is 1. The molecule has 0 heterocycles. The number of hydrogen-bond acceptors (Lipinski definition) is 3. The van der Waals surface area contributed by atoms with Gasteiger partial charge in [0.2, 0.25) is 0 Å². The highest BCUT2D eigenvalue weighted by atomic mass is 79.9. The summed E-state index contributed by atoms with van der Waals surface area (Å²) in [5.41, 5.74) is 0.846. The Morgan fingerprint density at radius 2 is 1.96 bits per heavy atom. The summed E-state index contributed by atoms with van der Waals surface area (Å²) in [4.78, 5) is 11.9. The van der Waals surface area contributed by atoms with E-state index in [0.717, 1.165) is 5.56 Å². The smallest absolute Gasteiger partial charge is 0.262 e. The lowest BCUT2D eigenvalue weighted by Gasteiger charge is -2.16. The Kier molecular flexibility index (Phi) is 5.58. The van der Waals surface area contributed by atoms with Crippen LogP contribution in [0.25, 0.3) is 0 Å². The van der Waals surface area contributed by atoms with E-state index in [1.807, 2.05) is 13.8 Å². The molecule has 2 aromatic carbocycles. The standard InChI is InChI=1S/C18H16BrFN2O2/c1-18(2,11-21)12-3-6-14(7-4-12)22-17(23)10-24-16-8-5-13(19)9-15(16)20/h3-9H,10H2,1-2H3,(H,22,23). The number of nitrogens with zero attached hydrogens (tertiary/aromatic N) is 1. The van der Waals surface area contributed by atoms with Crippen molar-refractivity contribution in [1.82, 2.24) is 0 Å². The van der Waals surface area contributed by atoms with E-state index in [9.17, 15) is 9.18 Å². The largest absolute Gasteiger partial charge is 0.481 e. The number of hydrogen-bond donors (Lipinski definition) is 1. The number of rotatable bonds is 5. The Morgan fingerprint density at radius 1 is 1.29 bits per heavy atom. The zero-order chi connectivity index (χ0) is 17.7. The fraction of sp³-hybridized carbons (Fsp3) is 0.222. The van der Waals surface area contributed by atoms with Gasteiger partial charge in [-0.3, -0.25) is 4.79 Å². The van der Waals surface area contributed by atoms with Gasteiger partial charge in [-0.1, -0.05) is 28.1 Å². The number of benzene rings is 2. The first kappa shape index (κ1) is 18.0. The molecule has 2 rings (SSSR count). The minimum absolute atomic E-state index is 0.0134. The van der Waals surface area contributed by atoms with Crippen LogP contribution in [-0.4, -0.2) is 12.5 Å². The highest BCUT2D eigenvalue weighted by molar-refractivity contribution is 9.10.